The fourth-order valence-electron chi connectivity index (χ4n) is 2.07. The molecule has 0 heterocycles. The van der Waals surface area contributed by atoms with Gasteiger partial charge < -0.3 is 5.73 Å². The van der Waals surface area contributed by atoms with Gasteiger partial charge in [-0.05, 0) is 49.4 Å². The Morgan fingerprint density at radius 3 is 2.33 bits per heavy atom. The van der Waals surface area contributed by atoms with E-state index in [9.17, 15) is 0 Å². The van der Waals surface area contributed by atoms with Crippen LogP contribution < -0.4 is 5.73 Å². The maximum absolute atomic E-state index is 4.50. The molecule has 0 bridgehead atoms. The molecule has 1 aromatic rings. The number of hydrogen-bond donors (Lipinski definition) is 1. The third-order valence-electron chi connectivity index (χ3n) is 3.10. The highest BCUT2D eigenvalue weighted by Crippen LogP contribution is 2.21. The maximum atomic E-state index is 4.50. The van der Waals surface area contributed by atoms with Gasteiger partial charge in [0, 0.05) is 0 Å². The van der Waals surface area contributed by atoms with Crippen molar-refractivity contribution < 1.29 is 0 Å². The van der Waals surface area contributed by atoms with Crippen LogP contribution in [0.15, 0.2) is 42.5 Å². The van der Waals surface area contributed by atoms with E-state index in [-0.39, 0.29) is 0 Å². The molecule has 0 spiro atoms. The fraction of sp³-hybridized carbons (Fsp3) is 0.412. The van der Waals surface area contributed by atoms with Gasteiger partial charge in [-0.25, -0.2) is 0 Å². The van der Waals surface area contributed by atoms with Crippen LogP contribution in [0.1, 0.15) is 43.7 Å². The third-order valence-corrected chi connectivity index (χ3v) is 3.10. The molecule has 98 valence electrons. The van der Waals surface area contributed by atoms with Crippen molar-refractivity contribution in [3.8, 4) is 0 Å². The van der Waals surface area contributed by atoms with Gasteiger partial charge >= 0.3 is 0 Å². The average Bonchev–Trinajstić information content (AvgIpc) is 2.49. The minimum Gasteiger partial charge on any atom is -0.333 e. The lowest BCUT2D eigenvalue weighted by Gasteiger charge is -2.08. The standard InChI is InChI=1S/C16H20.CH5N/c1-2-3-7-14-10-12-16(13-11-14)15-8-5-4-6-9-15;1-2/h5,8-13H,2-4,6-7H2,1H3;2H2,1H3. The van der Waals surface area contributed by atoms with E-state index in [1.54, 1.807) is 0 Å². The molecule has 1 aliphatic carbocycles. The Balaban J connectivity index is 0.000000771. The number of rotatable bonds is 4. The van der Waals surface area contributed by atoms with E-state index in [0.29, 0.717) is 0 Å². The molecular formula is C17H25N. The van der Waals surface area contributed by atoms with Crippen molar-refractivity contribution in [2.24, 2.45) is 5.73 Å². The predicted octanol–water partition coefficient (Wildman–Crippen LogP) is 4.34. The summed E-state index contributed by atoms with van der Waals surface area (Å²) in [4.78, 5) is 0. The molecule has 0 saturated carbocycles. The van der Waals surface area contributed by atoms with E-state index in [2.05, 4.69) is 55.2 Å². The maximum Gasteiger partial charge on any atom is -0.0187 e. The molecule has 0 amide bonds. The molecule has 1 heteroatoms. The summed E-state index contributed by atoms with van der Waals surface area (Å²) in [6, 6.07) is 9.06. The van der Waals surface area contributed by atoms with Crippen LogP contribution in [0, 0.1) is 0 Å². The summed E-state index contributed by atoms with van der Waals surface area (Å²) in [5.41, 5.74) is 8.70. The third kappa shape index (κ3) is 4.50. The normalized spacial score (nSPS) is 13.6. The van der Waals surface area contributed by atoms with Crippen LogP contribution in [-0.4, -0.2) is 7.05 Å². The van der Waals surface area contributed by atoms with E-state index in [4.69, 9.17) is 0 Å². The molecule has 18 heavy (non-hydrogen) atoms. The second kappa shape index (κ2) is 8.71. The Kier molecular flexibility index (Phi) is 7.12. The van der Waals surface area contributed by atoms with Crippen molar-refractivity contribution in [2.75, 3.05) is 7.05 Å². The van der Waals surface area contributed by atoms with Crippen LogP contribution in [0.4, 0.5) is 0 Å². The first kappa shape index (κ1) is 14.7. The Morgan fingerprint density at radius 2 is 1.78 bits per heavy atom. The SMILES string of the molecule is CCCCc1ccc(C2=CCCC=C2)cc1.CN. The zero-order valence-corrected chi connectivity index (χ0v) is 11.7. The van der Waals surface area contributed by atoms with Crippen molar-refractivity contribution in [1.82, 2.24) is 0 Å². The van der Waals surface area contributed by atoms with Gasteiger partial charge in [-0.3, -0.25) is 0 Å². The van der Waals surface area contributed by atoms with E-state index >= 15 is 0 Å². The highest BCUT2D eigenvalue weighted by atomic mass is 14.4. The molecule has 0 radical (unpaired) electrons. The molecule has 0 saturated heterocycles. The summed E-state index contributed by atoms with van der Waals surface area (Å²) in [6.45, 7) is 2.24. The lowest BCUT2D eigenvalue weighted by Crippen LogP contribution is -1.88. The highest BCUT2D eigenvalue weighted by molar-refractivity contribution is 5.74. The number of allylic oxidation sites excluding steroid dienone is 4. The summed E-state index contributed by atoms with van der Waals surface area (Å²) < 4.78 is 0. The zero-order chi connectivity index (χ0) is 13.2. The van der Waals surface area contributed by atoms with Crippen molar-refractivity contribution in [2.45, 2.75) is 39.0 Å². The second-order valence-corrected chi connectivity index (χ2v) is 4.44. The first-order valence-electron chi connectivity index (χ1n) is 6.94. The molecule has 0 atom stereocenters. The zero-order valence-electron chi connectivity index (χ0n) is 11.7. The number of benzene rings is 1. The monoisotopic (exact) mass is 243 g/mol. The molecule has 0 aliphatic heterocycles. The van der Waals surface area contributed by atoms with E-state index < -0.39 is 0 Å². The smallest absolute Gasteiger partial charge is 0.0187 e. The van der Waals surface area contributed by atoms with E-state index in [0.717, 1.165) is 0 Å². The summed E-state index contributed by atoms with van der Waals surface area (Å²) in [7, 11) is 1.50. The van der Waals surface area contributed by atoms with Crippen LogP contribution >= 0.6 is 0 Å². The molecule has 0 aromatic heterocycles. The van der Waals surface area contributed by atoms with Crippen LogP contribution in [0.3, 0.4) is 0 Å². The Hall–Kier alpha value is -1.34. The van der Waals surface area contributed by atoms with Crippen LogP contribution in [0.5, 0.6) is 0 Å². The van der Waals surface area contributed by atoms with Crippen molar-refractivity contribution in [1.29, 1.82) is 0 Å². The van der Waals surface area contributed by atoms with E-state index in [1.165, 1.54) is 55.9 Å². The van der Waals surface area contributed by atoms with Crippen molar-refractivity contribution in [3.05, 3.63) is 53.6 Å². The highest BCUT2D eigenvalue weighted by Gasteiger charge is 2.01. The van der Waals surface area contributed by atoms with Gasteiger partial charge in [-0.2, -0.15) is 0 Å². The predicted molar refractivity (Wildman–Crippen MR) is 81.5 cm³/mol. The quantitative estimate of drug-likeness (QED) is 0.836. The minimum absolute atomic E-state index is 1.18. The summed E-state index contributed by atoms with van der Waals surface area (Å²) in [6.07, 6.45) is 13.0. The molecule has 0 unspecified atom stereocenters. The fourth-order valence-corrected chi connectivity index (χ4v) is 2.07. The Labute approximate surface area is 111 Å². The second-order valence-electron chi connectivity index (χ2n) is 4.44. The number of aryl methyl sites for hydroxylation is 1. The number of unbranched alkanes of at least 4 members (excludes halogenated alkanes) is 1. The summed E-state index contributed by atoms with van der Waals surface area (Å²) in [5, 5.41) is 0. The summed E-state index contributed by atoms with van der Waals surface area (Å²) >= 11 is 0. The van der Waals surface area contributed by atoms with Gasteiger partial charge in [-0.1, -0.05) is 55.8 Å². The molecule has 2 N–H and O–H groups in total. The van der Waals surface area contributed by atoms with Crippen LogP contribution in [0.25, 0.3) is 5.57 Å². The van der Waals surface area contributed by atoms with Gasteiger partial charge in [0.05, 0.1) is 0 Å². The topological polar surface area (TPSA) is 26.0 Å². The molecule has 1 aromatic carbocycles. The molecule has 1 nitrogen and oxygen atoms in total. The van der Waals surface area contributed by atoms with Gasteiger partial charge in [0.1, 0.15) is 0 Å². The van der Waals surface area contributed by atoms with Gasteiger partial charge in [0.2, 0.25) is 0 Å². The lowest BCUT2D eigenvalue weighted by atomic mass is 9.98. The summed E-state index contributed by atoms with van der Waals surface area (Å²) in [5.74, 6) is 0. The molecule has 1 aliphatic rings. The molecular weight excluding hydrogens is 218 g/mol. The van der Waals surface area contributed by atoms with Crippen molar-refractivity contribution in [3.63, 3.8) is 0 Å². The van der Waals surface area contributed by atoms with Crippen LogP contribution in [-0.2, 0) is 6.42 Å². The Bertz CT molecular complexity index is 385. The largest absolute Gasteiger partial charge is 0.333 e. The Morgan fingerprint density at radius 1 is 1.06 bits per heavy atom. The van der Waals surface area contributed by atoms with Crippen LogP contribution in [0.2, 0.25) is 0 Å². The van der Waals surface area contributed by atoms with Gasteiger partial charge in [0.25, 0.3) is 0 Å². The minimum atomic E-state index is 1.18. The lowest BCUT2D eigenvalue weighted by molar-refractivity contribution is 0.795. The first-order valence-corrected chi connectivity index (χ1v) is 6.94. The molecule has 0 fully saturated rings. The average molecular weight is 243 g/mol. The number of hydrogen-bond acceptors (Lipinski definition) is 1. The van der Waals surface area contributed by atoms with Crippen molar-refractivity contribution >= 4 is 5.57 Å². The van der Waals surface area contributed by atoms with Gasteiger partial charge in [-0.15, -0.1) is 0 Å². The van der Waals surface area contributed by atoms with E-state index in [1.807, 2.05) is 0 Å². The van der Waals surface area contributed by atoms with Gasteiger partial charge in [0.15, 0.2) is 0 Å². The molecule has 2 rings (SSSR count). The number of nitrogens with two attached hydrogens (primary N) is 1. The first-order chi connectivity index (χ1) is 8.90.